The van der Waals surface area contributed by atoms with Gasteiger partial charge in [-0.25, -0.2) is 4.39 Å². The number of nitrogens with one attached hydrogen (secondary N) is 1. The average Bonchev–Trinajstić information content (AvgIpc) is 2.31. The Morgan fingerprint density at radius 3 is 2.89 bits per heavy atom. The fourth-order valence-corrected chi connectivity index (χ4v) is 2.52. The van der Waals surface area contributed by atoms with Gasteiger partial charge in [-0.3, -0.25) is 10.1 Å². The lowest BCUT2D eigenvalue weighted by Gasteiger charge is -2.28. The van der Waals surface area contributed by atoms with Crippen LogP contribution < -0.4 is 5.32 Å². The van der Waals surface area contributed by atoms with Crippen molar-refractivity contribution in [1.29, 1.82) is 0 Å². The second kappa shape index (κ2) is 5.33. The molecule has 0 aromatic heterocycles. The van der Waals surface area contributed by atoms with Crippen molar-refractivity contribution in [2.24, 2.45) is 5.92 Å². The van der Waals surface area contributed by atoms with Crippen LogP contribution in [-0.2, 0) is 0 Å². The van der Waals surface area contributed by atoms with Crippen LogP contribution in [0.5, 0.6) is 0 Å². The fourth-order valence-electron chi connectivity index (χ4n) is 2.52. The number of hydrogen-bond donors (Lipinski definition) is 1. The molecule has 1 aromatic carbocycles. The summed E-state index contributed by atoms with van der Waals surface area (Å²) in [7, 11) is 0. The third-order valence-electron chi connectivity index (χ3n) is 3.46. The lowest BCUT2D eigenvalue weighted by molar-refractivity contribution is -0.384. The van der Waals surface area contributed by atoms with E-state index in [2.05, 4.69) is 12.2 Å². The van der Waals surface area contributed by atoms with E-state index in [1.165, 1.54) is 18.6 Å². The van der Waals surface area contributed by atoms with Crippen molar-refractivity contribution >= 4 is 11.4 Å². The van der Waals surface area contributed by atoms with Gasteiger partial charge in [0.1, 0.15) is 5.82 Å². The minimum Gasteiger partial charge on any atom is -0.380 e. The van der Waals surface area contributed by atoms with Crippen molar-refractivity contribution in [3.63, 3.8) is 0 Å². The molecule has 1 aliphatic carbocycles. The average molecular weight is 252 g/mol. The molecule has 2 unspecified atom stereocenters. The van der Waals surface area contributed by atoms with Gasteiger partial charge in [0.05, 0.1) is 10.6 Å². The van der Waals surface area contributed by atoms with Gasteiger partial charge in [-0.2, -0.15) is 0 Å². The van der Waals surface area contributed by atoms with Crippen LogP contribution in [0.4, 0.5) is 15.8 Å². The van der Waals surface area contributed by atoms with Crippen LogP contribution in [0.3, 0.4) is 0 Å². The monoisotopic (exact) mass is 252 g/mol. The standard InChI is InChI=1S/C13H17FN2O2/c1-9-3-2-4-10(7-9)15-13-8-11(16(17)18)5-6-12(13)14/h5-6,8-10,15H,2-4,7H2,1H3. The molecule has 1 aliphatic rings. The van der Waals surface area contributed by atoms with Gasteiger partial charge in [0.25, 0.3) is 5.69 Å². The van der Waals surface area contributed by atoms with Crippen LogP contribution in [-0.4, -0.2) is 11.0 Å². The Bertz CT molecular complexity index is 451. The highest BCUT2D eigenvalue weighted by molar-refractivity contribution is 5.52. The molecule has 2 atom stereocenters. The Morgan fingerprint density at radius 2 is 2.22 bits per heavy atom. The Balaban J connectivity index is 2.12. The molecule has 0 heterocycles. The predicted octanol–water partition coefficient (Wildman–Crippen LogP) is 3.72. The molecule has 1 aromatic rings. The molecule has 1 fully saturated rings. The van der Waals surface area contributed by atoms with Gasteiger partial charge in [-0.15, -0.1) is 0 Å². The third-order valence-corrected chi connectivity index (χ3v) is 3.46. The molecule has 18 heavy (non-hydrogen) atoms. The molecule has 2 rings (SSSR count). The summed E-state index contributed by atoms with van der Waals surface area (Å²) in [5, 5.41) is 13.8. The maximum absolute atomic E-state index is 13.6. The first-order chi connectivity index (χ1) is 8.56. The molecule has 5 heteroatoms. The fraction of sp³-hybridized carbons (Fsp3) is 0.538. The first-order valence-corrected chi connectivity index (χ1v) is 6.26. The summed E-state index contributed by atoms with van der Waals surface area (Å²) in [6.07, 6.45) is 4.31. The molecule has 1 saturated carbocycles. The van der Waals surface area contributed by atoms with Crippen LogP contribution in [0, 0.1) is 21.8 Å². The highest BCUT2D eigenvalue weighted by Crippen LogP contribution is 2.28. The minimum absolute atomic E-state index is 0.0808. The Hall–Kier alpha value is -1.65. The first-order valence-electron chi connectivity index (χ1n) is 6.26. The second-order valence-electron chi connectivity index (χ2n) is 5.03. The van der Waals surface area contributed by atoms with E-state index in [0.29, 0.717) is 5.92 Å². The summed E-state index contributed by atoms with van der Waals surface area (Å²) in [5.74, 6) is 0.192. The number of halogens is 1. The topological polar surface area (TPSA) is 55.2 Å². The smallest absolute Gasteiger partial charge is 0.271 e. The zero-order chi connectivity index (χ0) is 13.1. The van der Waals surface area contributed by atoms with Crippen molar-refractivity contribution in [3.8, 4) is 0 Å². The van der Waals surface area contributed by atoms with Gasteiger partial charge in [0, 0.05) is 18.2 Å². The summed E-state index contributed by atoms with van der Waals surface area (Å²) in [6, 6.07) is 3.82. The molecule has 0 radical (unpaired) electrons. The molecule has 4 nitrogen and oxygen atoms in total. The summed E-state index contributed by atoms with van der Waals surface area (Å²) in [5.41, 5.74) is 0.158. The summed E-state index contributed by atoms with van der Waals surface area (Å²) < 4.78 is 13.6. The van der Waals surface area contributed by atoms with Crippen molar-refractivity contribution in [1.82, 2.24) is 0 Å². The van der Waals surface area contributed by atoms with Crippen LogP contribution in [0.15, 0.2) is 18.2 Å². The first kappa shape index (κ1) is 12.8. The molecule has 98 valence electrons. The quantitative estimate of drug-likeness (QED) is 0.658. The van der Waals surface area contributed by atoms with E-state index in [1.54, 1.807) is 0 Å². The zero-order valence-electron chi connectivity index (χ0n) is 10.4. The van der Waals surface area contributed by atoms with Gasteiger partial charge in [0.15, 0.2) is 0 Å². The summed E-state index contributed by atoms with van der Waals surface area (Å²) in [6.45, 7) is 2.18. The van der Waals surface area contributed by atoms with Crippen molar-refractivity contribution in [3.05, 3.63) is 34.1 Å². The van der Waals surface area contributed by atoms with E-state index in [9.17, 15) is 14.5 Å². The zero-order valence-corrected chi connectivity index (χ0v) is 10.4. The SMILES string of the molecule is CC1CCCC(Nc2cc([N+](=O)[O-])ccc2F)C1. The van der Waals surface area contributed by atoms with E-state index in [1.807, 2.05) is 0 Å². The number of benzene rings is 1. The number of nitro groups is 1. The van der Waals surface area contributed by atoms with Gasteiger partial charge in [-0.05, 0) is 24.8 Å². The number of nitrogens with zero attached hydrogens (tertiary/aromatic N) is 1. The lowest BCUT2D eigenvalue weighted by atomic mass is 9.87. The highest BCUT2D eigenvalue weighted by atomic mass is 19.1. The predicted molar refractivity (Wildman–Crippen MR) is 68.1 cm³/mol. The molecule has 0 amide bonds. The number of rotatable bonds is 3. The van der Waals surface area contributed by atoms with E-state index in [-0.39, 0.29) is 17.4 Å². The van der Waals surface area contributed by atoms with Crippen LogP contribution in [0.25, 0.3) is 0 Å². The second-order valence-corrected chi connectivity index (χ2v) is 5.03. The number of anilines is 1. The largest absolute Gasteiger partial charge is 0.380 e. The van der Waals surface area contributed by atoms with Crippen molar-refractivity contribution in [2.45, 2.75) is 38.6 Å². The highest BCUT2D eigenvalue weighted by Gasteiger charge is 2.20. The number of nitro benzene ring substituents is 1. The molecule has 0 saturated heterocycles. The minimum atomic E-state index is -0.506. The van der Waals surface area contributed by atoms with Crippen LogP contribution >= 0.6 is 0 Å². The molecule has 0 bridgehead atoms. The van der Waals surface area contributed by atoms with Crippen molar-refractivity contribution < 1.29 is 9.31 Å². The molecular formula is C13H17FN2O2. The molecule has 1 N–H and O–H groups in total. The van der Waals surface area contributed by atoms with E-state index >= 15 is 0 Å². The maximum atomic E-state index is 13.6. The van der Waals surface area contributed by atoms with E-state index < -0.39 is 10.7 Å². The van der Waals surface area contributed by atoms with E-state index in [0.717, 1.165) is 25.3 Å². The normalized spacial score (nSPS) is 23.7. The molecule has 0 aliphatic heterocycles. The van der Waals surface area contributed by atoms with Crippen LogP contribution in [0.2, 0.25) is 0 Å². The summed E-state index contributed by atoms with van der Waals surface area (Å²) >= 11 is 0. The Labute approximate surface area is 105 Å². The van der Waals surface area contributed by atoms with Gasteiger partial charge in [0.2, 0.25) is 0 Å². The van der Waals surface area contributed by atoms with Gasteiger partial charge >= 0.3 is 0 Å². The van der Waals surface area contributed by atoms with Crippen molar-refractivity contribution in [2.75, 3.05) is 5.32 Å². The number of non-ortho nitro benzene ring substituents is 1. The molecule has 0 spiro atoms. The number of hydrogen-bond acceptors (Lipinski definition) is 3. The molecular weight excluding hydrogens is 235 g/mol. The van der Waals surface area contributed by atoms with Gasteiger partial charge < -0.3 is 5.32 Å². The summed E-state index contributed by atoms with van der Waals surface area (Å²) in [4.78, 5) is 10.2. The Morgan fingerprint density at radius 1 is 1.44 bits per heavy atom. The third kappa shape index (κ3) is 2.97. The Kier molecular flexibility index (Phi) is 3.79. The maximum Gasteiger partial charge on any atom is 0.271 e. The van der Waals surface area contributed by atoms with Crippen LogP contribution in [0.1, 0.15) is 32.6 Å². The van der Waals surface area contributed by atoms with E-state index in [4.69, 9.17) is 0 Å². The van der Waals surface area contributed by atoms with Gasteiger partial charge in [-0.1, -0.05) is 19.8 Å². The lowest BCUT2D eigenvalue weighted by Crippen LogP contribution is -2.26.